The minimum atomic E-state index is 0.631. The predicted molar refractivity (Wildman–Crippen MR) is 119 cm³/mol. The third kappa shape index (κ3) is 3.49. The quantitative estimate of drug-likeness (QED) is 0.411. The van der Waals surface area contributed by atoms with Crippen LogP contribution in [0.4, 0.5) is 0 Å². The van der Waals surface area contributed by atoms with Crippen molar-refractivity contribution in [3.8, 4) is 28.1 Å². The van der Waals surface area contributed by atoms with Crippen molar-refractivity contribution in [1.29, 1.82) is 0 Å². The van der Waals surface area contributed by atoms with Gasteiger partial charge in [0.2, 0.25) is 0 Å². The van der Waals surface area contributed by atoms with Gasteiger partial charge in [-0.25, -0.2) is 4.98 Å². The Morgan fingerprint density at radius 2 is 1.77 bits per heavy atom. The average Bonchev–Trinajstić information content (AvgIpc) is 3.17. The van der Waals surface area contributed by atoms with Crippen molar-refractivity contribution >= 4 is 21.9 Å². The maximum atomic E-state index is 5.70. The summed E-state index contributed by atoms with van der Waals surface area (Å²) in [7, 11) is 0. The maximum absolute atomic E-state index is 5.70. The molecule has 0 spiro atoms. The van der Waals surface area contributed by atoms with Gasteiger partial charge in [0.15, 0.2) is 0 Å². The van der Waals surface area contributed by atoms with E-state index in [1.807, 2.05) is 42.9 Å². The van der Waals surface area contributed by atoms with Crippen molar-refractivity contribution in [2.45, 2.75) is 6.42 Å². The van der Waals surface area contributed by atoms with Gasteiger partial charge in [-0.3, -0.25) is 9.97 Å². The van der Waals surface area contributed by atoms with Crippen LogP contribution in [0, 0.1) is 0 Å². The zero-order chi connectivity index (χ0) is 20.3. The molecular weight excluding hydrogens is 374 g/mol. The fraction of sp³-hybridized carbons (Fsp3) is 0.125. The number of hydrogen-bond donors (Lipinski definition) is 2. The molecule has 5 aromatic rings. The minimum Gasteiger partial charge on any atom is -0.494 e. The molecule has 0 amide bonds. The first kappa shape index (κ1) is 18.3. The number of ether oxygens (including phenoxy) is 1. The molecule has 0 atom stereocenters. The Kier molecular flexibility index (Phi) is 4.83. The number of aromatic nitrogens is 4. The van der Waals surface area contributed by atoms with E-state index in [0.29, 0.717) is 13.2 Å². The number of nitrogens with two attached hydrogens (primary N) is 1. The normalized spacial score (nSPS) is 11.2. The van der Waals surface area contributed by atoms with Crippen molar-refractivity contribution in [1.82, 2.24) is 19.9 Å². The fourth-order valence-corrected chi connectivity index (χ4v) is 3.52. The molecule has 1 aromatic carbocycles. The number of hydrogen-bond acceptors (Lipinski definition) is 5. The number of aromatic amines is 1. The summed E-state index contributed by atoms with van der Waals surface area (Å²) < 4.78 is 5.70. The van der Waals surface area contributed by atoms with Crippen molar-refractivity contribution in [2.75, 3.05) is 13.2 Å². The highest BCUT2D eigenvalue weighted by atomic mass is 16.5. The van der Waals surface area contributed by atoms with Crippen LogP contribution in [0.3, 0.4) is 0 Å². The van der Waals surface area contributed by atoms with Gasteiger partial charge >= 0.3 is 0 Å². The Labute approximate surface area is 173 Å². The average molecular weight is 395 g/mol. The lowest BCUT2D eigenvalue weighted by Crippen LogP contribution is -2.05. The molecule has 148 valence electrons. The molecule has 0 aliphatic rings. The summed E-state index contributed by atoms with van der Waals surface area (Å²) in [5, 5.41) is 2.16. The number of nitrogens with zero attached hydrogens (tertiary/aromatic N) is 3. The highest BCUT2D eigenvalue weighted by molar-refractivity contribution is 6.07. The number of rotatable bonds is 6. The lowest BCUT2D eigenvalue weighted by molar-refractivity contribution is 0.313. The van der Waals surface area contributed by atoms with Crippen molar-refractivity contribution in [3.05, 3.63) is 73.3 Å². The second-order valence-electron chi connectivity index (χ2n) is 7.12. The topological polar surface area (TPSA) is 89.7 Å². The van der Waals surface area contributed by atoms with Gasteiger partial charge in [0.1, 0.15) is 11.4 Å². The van der Waals surface area contributed by atoms with E-state index in [1.165, 1.54) is 0 Å². The zero-order valence-corrected chi connectivity index (χ0v) is 16.4. The van der Waals surface area contributed by atoms with Crippen LogP contribution in [0.2, 0.25) is 0 Å². The lowest BCUT2D eigenvalue weighted by atomic mass is 10.1. The molecule has 6 nitrogen and oxygen atoms in total. The van der Waals surface area contributed by atoms with Gasteiger partial charge in [0.25, 0.3) is 0 Å². The smallest absolute Gasteiger partial charge is 0.138 e. The SMILES string of the molecule is NCCCOc1ccc(-c2cnc3[nH]c4cnc(-c5cccnc5)cc4c3c2)cc1. The summed E-state index contributed by atoms with van der Waals surface area (Å²) in [6.07, 6.45) is 8.17. The second kappa shape index (κ2) is 7.93. The summed E-state index contributed by atoms with van der Waals surface area (Å²) in [6.45, 7) is 1.26. The predicted octanol–water partition coefficient (Wildman–Crippen LogP) is 4.57. The van der Waals surface area contributed by atoms with Crippen LogP contribution < -0.4 is 10.5 Å². The summed E-state index contributed by atoms with van der Waals surface area (Å²) in [6, 6.07) is 16.3. The summed E-state index contributed by atoms with van der Waals surface area (Å²) in [5.41, 5.74) is 11.3. The van der Waals surface area contributed by atoms with E-state index in [9.17, 15) is 0 Å². The monoisotopic (exact) mass is 395 g/mol. The third-order valence-electron chi connectivity index (χ3n) is 5.10. The molecule has 6 heteroatoms. The number of nitrogens with one attached hydrogen (secondary N) is 1. The van der Waals surface area contributed by atoms with Gasteiger partial charge in [-0.05, 0) is 54.9 Å². The number of pyridine rings is 3. The van der Waals surface area contributed by atoms with Crippen molar-refractivity contribution < 1.29 is 4.74 Å². The first-order chi connectivity index (χ1) is 14.8. The van der Waals surface area contributed by atoms with E-state index in [1.54, 1.807) is 6.20 Å². The lowest BCUT2D eigenvalue weighted by Gasteiger charge is -2.07. The molecule has 0 unspecified atom stereocenters. The highest BCUT2D eigenvalue weighted by Gasteiger charge is 2.10. The Morgan fingerprint density at radius 3 is 2.57 bits per heavy atom. The van der Waals surface area contributed by atoms with Crippen LogP contribution in [-0.4, -0.2) is 33.1 Å². The van der Waals surface area contributed by atoms with Crippen molar-refractivity contribution in [2.24, 2.45) is 5.73 Å². The molecule has 5 rings (SSSR count). The first-order valence-corrected chi connectivity index (χ1v) is 9.93. The van der Waals surface area contributed by atoms with E-state index in [0.717, 1.165) is 56.5 Å². The van der Waals surface area contributed by atoms with E-state index in [4.69, 9.17) is 10.5 Å². The van der Waals surface area contributed by atoms with Gasteiger partial charge in [0.05, 0.1) is 24.0 Å². The minimum absolute atomic E-state index is 0.631. The largest absolute Gasteiger partial charge is 0.494 e. The van der Waals surface area contributed by atoms with Gasteiger partial charge in [-0.2, -0.15) is 0 Å². The van der Waals surface area contributed by atoms with Gasteiger partial charge in [-0.1, -0.05) is 12.1 Å². The van der Waals surface area contributed by atoms with Crippen LogP contribution in [0.1, 0.15) is 6.42 Å². The van der Waals surface area contributed by atoms with Gasteiger partial charge in [0, 0.05) is 40.5 Å². The molecular formula is C24H21N5O. The summed E-state index contributed by atoms with van der Waals surface area (Å²) in [5.74, 6) is 0.848. The second-order valence-corrected chi connectivity index (χ2v) is 7.12. The highest BCUT2D eigenvalue weighted by Crippen LogP contribution is 2.31. The molecule has 0 saturated heterocycles. The Morgan fingerprint density at radius 1 is 0.867 bits per heavy atom. The standard InChI is InChI=1S/C24H21N5O/c25-8-2-10-30-19-6-4-16(5-7-19)18-11-21-20-12-22(17-3-1-9-26-13-17)27-15-23(20)29-24(21)28-14-18/h1,3-7,9,11-15H,2,8,10,25H2,(H,28,29). The van der Waals surface area contributed by atoms with E-state index in [2.05, 4.69) is 44.2 Å². The van der Waals surface area contributed by atoms with Crippen molar-refractivity contribution in [3.63, 3.8) is 0 Å². The van der Waals surface area contributed by atoms with Crippen LogP contribution >= 0.6 is 0 Å². The summed E-state index contributed by atoms with van der Waals surface area (Å²) >= 11 is 0. The molecule has 4 heterocycles. The van der Waals surface area contributed by atoms with E-state index >= 15 is 0 Å². The fourth-order valence-electron chi connectivity index (χ4n) is 3.52. The van der Waals surface area contributed by atoms with Crippen LogP contribution in [0.15, 0.2) is 73.3 Å². The number of fused-ring (bicyclic) bond motifs is 3. The van der Waals surface area contributed by atoms with Crippen LogP contribution in [-0.2, 0) is 0 Å². The molecule has 0 aliphatic heterocycles. The van der Waals surface area contributed by atoms with Gasteiger partial charge < -0.3 is 15.5 Å². The molecule has 0 saturated carbocycles. The Bertz CT molecular complexity index is 1300. The molecule has 0 bridgehead atoms. The zero-order valence-electron chi connectivity index (χ0n) is 16.4. The van der Waals surface area contributed by atoms with Crippen LogP contribution in [0.25, 0.3) is 44.3 Å². The first-order valence-electron chi connectivity index (χ1n) is 9.93. The molecule has 30 heavy (non-hydrogen) atoms. The molecule has 0 aliphatic carbocycles. The number of benzene rings is 1. The maximum Gasteiger partial charge on any atom is 0.138 e. The Hall–Kier alpha value is -3.77. The Balaban J connectivity index is 1.52. The van der Waals surface area contributed by atoms with E-state index < -0.39 is 0 Å². The molecule has 0 radical (unpaired) electrons. The van der Waals surface area contributed by atoms with Crippen LogP contribution in [0.5, 0.6) is 5.75 Å². The molecule has 3 N–H and O–H groups in total. The van der Waals surface area contributed by atoms with Gasteiger partial charge in [-0.15, -0.1) is 0 Å². The molecule has 4 aromatic heterocycles. The third-order valence-corrected chi connectivity index (χ3v) is 5.10. The molecule has 0 fully saturated rings. The number of H-pyrrole nitrogens is 1. The van der Waals surface area contributed by atoms with E-state index in [-0.39, 0.29) is 0 Å². The summed E-state index contributed by atoms with van der Waals surface area (Å²) in [4.78, 5) is 16.8.